The first-order valence-corrected chi connectivity index (χ1v) is 24.9. The van der Waals surface area contributed by atoms with E-state index in [9.17, 15) is 0 Å². The summed E-state index contributed by atoms with van der Waals surface area (Å²) in [5.41, 5.74) is 22.5. The summed E-state index contributed by atoms with van der Waals surface area (Å²) in [4.78, 5) is 2.52. The third-order valence-corrected chi connectivity index (χ3v) is 16.6. The number of anilines is 2. The van der Waals surface area contributed by atoms with Gasteiger partial charge < -0.3 is 14.0 Å². The minimum Gasteiger partial charge on any atom is -0.310 e. The van der Waals surface area contributed by atoms with Crippen LogP contribution in [-0.2, 0) is 16.2 Å². The maximum absolute atomic E-state index is 2.52. The molecule has 0 radical (unpaired) electrons. The van der Waals surface area contributed by atoms with Gasteiger partial charge in [-0.05, 0) is 148 Å². The fourth-order valence-corrected chi connectivity index (χ4v) is 13.4. The molecule has 0 fully saturated rings. The molecule has 336 valence electrons. The molecule has 3 aliphatic rings. The van der Waals surface area contributed by atoms with E-state index in [4.69, 9.17) is 0 Å². The molecular formula is C67H53N3. The van der Waals surface area contributed by atoms with Crippen LogP contribution >= 0.6 is 0 Å². The Labute approximate surface area is 409 Å². The van der Waals surface area contributed by atoms with E-state index in [0.29, 0.717) is 0 Å². The van der Waals surface area contributed by atoms with Crippen molar-refractivity contribution in [2.45, 2.75) is 57.3 Å². The van der Waals surface area contributed by atoms with Gasteiger partial charge in [0.2, 0.25) is 0 Å². The Morgan fingerprint density at radius 3 is 1.64 bits per heavy atom. The van der Waals surface area contributed by atoms with Crippen molar-refractivity contribution in [1.82, 2.24) is 9.13 Å². The first kappa shape index (κ1) is 40.9. The van der Waals surface area contributed by atoms with Gasteiger partial charge in [-0.1, -0.05) is 162 Å². The third kappa shape index (κ3) is 5.63. The number of hydrogen-bond donors (Lipinski definition) is 0. The van der Waals surface area contributed by atoms with Gasteiger partial charge in [-0.2, -0.15) is 0 Å². The standard InChI is InChI=1S/C67H53N3/c1-65(2)55-23-12-9-20-49(55)52-41-54-53-40-44(31-38-61(53)70(63(54)42-58(52)65)45-18-7-6-8-19-45)43-29-32-46(33-30-43)68(62-28-17-39-67(5)57-25-14-13-24-56(57)66(3,4)64(62)67)47-34-36-48(37-35-47)69-59-26-15-10-21-50(59)51-22-11-16-27-60(51)69/h6-38,40-42H,39H2,1-5H3. The van der Waals surface area contributed by atoms with Crippen molar-refractivity contribution >= 4 is 55.0 Å². The number of nitrogens with zero attached hydrogens (tertiary/aromatic N) is 3. The Bertz CT molecular complexity index is 3970. The normalized spacial score (nSPS) is 17.3. The summed E-state index contributed by atoms with van der Waals surface area (Å²) >= 11 is 0. The van der Waals surface area contributed by atoms with Crippen molar-refractivity contribution < 1.29 is 0 Å². The second-order valence-electron chi connectivity index (χ2n) is 21.1. The zero-order chi connectivity index (χ0) is 47.1. The van der Waals surface area contributed by atoms with E-state index >= 15 is 0 Å². The van der Waals surface area contributed by atoms with Crippen molar-refractivity contribution in [2.24, 2.45) is 0 Å². The van der Waals surface area contributed by atoms with Gasteiger partial charge in [0.15, 0.2) is 0 Å². The number of rotatable bonds is 6. The predicted octanol–water partition coefficient (Wildman–Crippen LogP) is 17.5. The first-order valence-electron chi connectivity index (χ1n) is 24.9. The van der Waals surface area contributed by atoms with Crippen LogP contribution < -0.4 is 4.90 Å². The lowest BCUT2D eigenvalue weighted by molar-refractivity contribution is 0.503. The van der Waals surface area contributed by atoms with Gasteiger partial charge in [-0.15, -0.1) is 0 Å². The van der Waals surface area contributed by atoms with Gasteiger partial charge in [0.1, 0.15) is 0 Å². The Morgan fingerprint density at radius 1 is 0.386 bits per heavy atom. The van der Waals surface area contributed by atoms with Crippen molar-refractivity contribution in [3.05, 3.63) is 252 Å². The van der Waals surface area contributed by atoms with E-state index in [1.54, 1.807) is 0 Å². The summed E-state index contributed by atoms with van der Waals surface area (Å²) in [7, 11) is 0. The largest absolute Gasteiger partial charge is 0.310 e. The monoisotopic (exact) mass is 899 g/mol. The molecule has 9 aromatic carbocycles. The topological polar surface area (TPSA) is 13.1 Å². The van der Waals surface area contributed by atoms with Crippen LogP contribution in [0.5, 0.6) is 0 Å². The highest BCUT2D eigenvalue weighted by atomic mass is 15.2. The molecule has 0 bridgehead atoms. The van der Waals surface area contributed by atoms with Gasteiger partial charge >= 0.3 is 0 Å². The van der Waals surface area contributed by atoms with E-state index in [1.165, 1.54) is 105 Å². The molecule has 3 heteroatoms. The molecular weight excluding hydrogens is 847 g/mol. The SMILES string of the molecule is CC1(C)C2=C(N(c3ccc(-c4ccc5c(c4)c4cc6c(cc4n5-c4ccccc4)C(C)(C)c4ccccc4-6)cc3)c3ccc(-n4c5ccccc5c5ccccc54)cc3)C=CCC2(C)c2ccccc21. The molecule has 0 saturated carbocycles. The van der Waals surface area contributed by atoms with E-state index in [-0.39, 0.29) is 16.2 Å². The molecule has 3 nitrogen and oxygen atoms in total. The van der Waals surface area contributed by atoms with Crippen LogP contribution in [0.15, 0.2) is 230 Å². The molecule has 2 aromatic heterocycles. The lowest BCUT2D eigenvalue weighted by Crippen LogP contribution is -2.33. The predicted molar refractivity (Wildman–Crippen MR) is 294 cm³/mol. The molecule has 3 aliphatic carbocycles. The highest BCUT2D eigenvalue weighted by molar-refractivity contribution is 6.13. The molecule has 70 heavy (non-hydrogen) atoms. The third-order valence-electron chi connectivity index (χ3n) is 16.6. The number of fused-ring (bicyclic) bond motifs is 12. The second-order valence-corrected chi connectivity index (χ2v) is 21.1. The molecule has 0 amide bonds. The summed E-state index contributed by atoms with van der Waals surface area (Å²) in [5.74, 6) is 0. The van der Waals surface area contributed by atoms with E-state index in [0.717, 1.165) is 23.5 Å². The van der Waals surface area contributed by atoms with Crippen LogP contribution in [0, 0.1) is 0 Å². The fraction of sp³-hybridized carbons (Fsp3) is 0.134. The number of aromatic nitrogens is 2. The van der Waals surface area contributed by atoms with Crippen LogP contribution in [-0.4, -0.2) is 9.13 Å². The van der Waals surface area contributed by atoms with Crippen molar-refractivity contribution in [3.63, 3.8) is 0 Å². The smallest absolute Gasteiger partial charge is 0.0544 e. The van der Waals surface area contributed by atoms with Crippen LogP contribution in [0.3, 0.4) is 0 Å². The Balaban J connectivity index is 0.924. The average molecular weight is 900 g/mol. The second kappa shape index (κ2) is 14.7. The minimum absolute atomic E-state index is 0.0897. The Kier molecular flexibility index (Phi) is 8.58. The van der Waals surface area contributed by atoms with Gasteiger partial charge in [0, 0.05) is 66.2 Å². The number of allylic oxidation sites excluding steroid dienone is 3. The molecule has 11 aromatic rings. The van der Waals surface area contributed by atoms with Crippen LogP contribution in [0.2, 0.25) is 0 Å². The molecule has 1 atom stereocenters. The number of para-hydroxylation sites is 3. The lowest BCUT2D eigenvalue weighted by Gasteiger charge is -2.40. The summed E-state index contributed by atoms with van der Waals surface area (Å²) in [5, 5.41) is 5.08. The Morgan fingerprint density at radius 2 is 0.929 bits per heavy atom. The summed E-state index contributed by atoms with van der Waals surface area (Å²) in [6.07, 6.45) is 5.77. The molecule has 14 rings (SSSR count). The van der Waals surface area contributed by atoms with Crippen molar-refractivity contribution in [3.8, 4) is 33.6 Å². The van der Waals surface area contributed by atoms with Gasteiger partial charge in [0.25, 0.3) is 0 Å². The van der Waals surface area contributed by atoms with E-state index < -0.39 is 0 Å². The number of benzene rings is 9. The average Bonchev–Trinajstić information content (AvgIpc) is 4.04. The van der Waals surface area contributed by atoms with Crippen LogP contribution in [0.1, 0.15) is 63.3 Å². The fourth-order valence-electron chi connectivity index (χ4n) is 13.4. The van der Waals surface area contributed by atoms with Crippen molar-refractivity contribution in [1.29, 1.82) is 0 Å². The molecule has 0 aliphatic heterocycles. The van der Waals surface area contributed by atoms with E-state index in [2.05, 4.69) is 267 Å². The molecule has 0 spiro atoms. The highest BCUT2D eigenvalue weighted by Crippen LogP contribution is 2.59. The van der Waals surface area contributed by atoms with Crippen molar-refractivity contribution in [2.75, 3.05) is 4.90 Å². The van der Waals surface area contributed by atoms with Crippen LogP contribution in [0.25, 0.3) is 77.2 Å². The molecule has 0 saturated heterocycles. The maximum atomic E-state index is 2.52. The molecule has 2 heterocycles. The highest BCUT2D eigenvalue weighted by Gasteiger charge is 2.51. The van der Waals surface area contributed by atoms with Gasteiger partial charge in [-0.25, -0.2) is 0 Å². The zero-order valence-electron chi connectivity index (χ0n) is 40.3. The quantitative estimate of drug-likeness (QED) is 0.162. The molecule has 1 unspecified atom stereocenters. The summed E-state index contributed by atoms with van der Waals surface area (Å²) in [6, 6.07) is 77.1. The zero-order valence-corrected chi connectivity index (χ0v) is 40.3. The lowest BCUT2D eigenvalue weighted by atomic mass is 9.69. The van der Waals surface area contributed by atoms with E-state index in [1.807, 2.05) is 0 Å². The van der Waals surface area contributed by atoms with Gasteiger partial charge in [-0.3, -0.25) is 0 Å². The molecule has 0 N–H and O–H groups in total. The Hall–Kier alpha value is -8.14. The number of hydrogen-bond acceptors (Lipinski definition) is 1. The minimum atomic E-state index is -0.168. The van der Waals surface area contributed by atoms with Gasteiger partial charge in [0.05, 0.1) is 22.1 Å². The first-order chi connectivity index (χ1) is 34.1. The van der Waals surface area contributed by atoms with Crippen LogP contribution in [0.4, 0.5) is 11.4 Å². The summed E-state index contributed by atoms with van der Waals surface area (Å²) in [6.45, 7) is 12.1. The maximum Gasteiger partial charge on any atom is 0.0544 e. The summed E-state index contributed by atoms with van der Waals surface area (Å²) < 4.78 is 4.87.